The Bertz CT molecular complexity index is 585. The summed E-state index contributed by atoms with van der Waals surface area (Å²) < 4.78 is 26.6. The smallest absolute Gasteiger partial charge is 0.272 e. The van der Waals surface area contributed by atoms with Crippen molar-refractivity contribution in [3.8, 4) is 5.69 Å². The molecule has 1 heterocycles. The number of hydrogen-bond donors (Lipinski definition) is 2. The zero-order valence-electron chi connectivity index (χ0n) is 7.25. The average molecular weight is 229 g/mol. The van der Waals surface area contributed by atoms with Gasteiger partial charge in [-0.25, -0.2) is 23.2 Å². The Morgan fingerprint density at radius 3 is 2.47 bits per heavy atom. The third-order valence-corrected chi connectivity index (χ3v) is 2.13. The molecule has 2 N–H and O–H groups in total. The minimum absolute atomic E-state index is 0.0889. The van der Waals surface area contributed by atoms with E-state index in [9.17, 15) is 13.6 Å². The minimum atomic E-state index is -1.03. The second-order valence-corrected chi connectivity index (χ2v) is 3.18. The molecule has 1 aromatic carbocycles. The van der Waals surface area contributed by atoms with Gasteiger partial charge in [-0.2, -0.15) is 0 Å². The maximum absolute atomic E-state index is 12.9. The largest absolute Gasteiger partial charge is 0.347 e. The summed E-state index contributed by atoms with van der Waals surface area (Å²) in [7, 11) is 0. The van der Waals surface area contributed by atoms with E-state index in [4.69, 9.17) is 12.2 Å². The highest BCUT2D eigenvalue weighted by Crippen LogP contribution is 2.11. The van der Waals surface area contributed by atoms with Gasteiger partial charge in [-0.05, 0) is 24.4 Å². The molecule has 4 nitrogen and oxygen atoms in total. The van der Waals surface area contributed by atoms with E-state index in [1.807, 2.05) is 0 Å². The molecule has 2 aromatic rings. The molecule has 0 unspecified atom stereocenters. The van der Waals surface area contributed by atoms with Crippen molar-refractivity contribution in [1.82, 2.24) is 14.8 Å². The molecule has 78 valence electrons. The van der Waals surface area contributed by atoms with Crippen LogP contribution in [0.4, 0.5) is 8.78 Å². The molecular formula is C8H5F2N3OS. The van der Waals surface area contributed by atoms with Crippen molar-refractivity contribution in [3.05, 3.63) is 45.1 Å². The van der Waals surface area contributed by atoms with E-state index in [0.29, 0.717) is 0 Å². The van der Waals surface area contributed by atoms with Gasteiger partial charge in [0.1, 0.15) is 0 Å². The van der Waals surface area contributed by atoms with Crippen LogP contribution in [0.2, 0.25) is 0 Å². The van der Waals surface area contributed by atoms with Crippen molar-refractivity contribution in [1.29, 1.82) is 0 Å². The lowest BCUT2D eigenvalue weighted by molar-refractivity contribution is 0.508. The maximum Gasteiger partial charge on any atom is 0.347 e. The van der Waals surface area contributed by atoms with Gasteiger partial charge in [0.15, 0.2) is 11.6 Å². The molecule has 0 saturated carbocycles. The number of rotatable bonds is 1. The van der Waals surface area contributed by atoms with Crippen LogP contribution in [0.15, 0.2) is 23.0 Å². The highest BCUT2D eigenvalue weighted by atomic mass is 32.1. The number of aromatic nitrogens is 3. The molecular weight excluding hydrogens is 224 g/mol. The van der Waals surface area contributed by atoms with Gasteiger partial charge in [0, 0.05) is 6.07 Å². The standard InChI is InChI=1S/C8H5F2N3OS/c9-5-2-1-4(3-6(5)10)13-7(14)11-12-8(13)15/h1-3H,(H,11,14)(H,12,15). The maximum atomic E-state index is 12.9. The fourth-order valence-corrected chi connectivity index (χ4v) is 1.41. The summed E-state index contributed by atoms with van der Waals surface area (Å²) >= 11 is 4.79. The van der Waals surface area contributed by atoms with E-state index < -0.39 is 17.3 Å². The van der Waals surface area contributed by atoms with Gasteiger partial charge in [0.2, 0.25) is 4.77 Å². The van der Waals surface area contributed by atoms with Gasteiger partial charge < -0.3 is 0 Å². The number of benzene rings is 1. The number of nitrogens with one attached hydrogen (secondary N) is 2. The summed E-state index contributed by atoms with van der Waals surface area (Å²) in [5.41, 5.74) is -0.368. The third kappa shape index (κ3) is 1.61. The van der Waals surface area contributed by atoms with Crippen molar-refractivity contribution in [2.45, 2.75) is 0 Å². The SMILES string of the molecule is O=c1[nH][nH]c(=S)n1-c1ccc(F)c(F)c1. The van der Waals surface area contributed by atoms with Crippen LogP contribution in [0.3, 0.4) is 0 Å². The number of halogens is 2. The molecule has 1 aromatic heterocycles. The molecule has 0 spiro atoms. The first-order valence-corrected chi connectivity index (χ1v) is 4.35. The van der Waals surface area contributed by atoms with E-state index >= 15 is 0 Å². The number of aromatic amines is 2. The van der Waals surface area contributed by atoms with Crippen LogP contribution in [0.5, 0.6) is 0 Å². The van der Waals surface area contributed by atoms with Crippen molar-refractivity contribution >= 4 is 12.2 Å². The van der Waals surface area contributed by atoms with Gasteiger partial charge in [0.25, 0.3) is 0 Å². The summed E-state index contributed by atoms with van der Waals surface area (Å²) in [5, 5.41) is 4.63. The summed E-state index contributed by atoms with van der Waals surface area (Å²) in [4.78, 5) is 11.2. The normalized spacial score (nSPS) is 10.5. The Kier molecular flexibility index (Phi) is 2.24. The van der Waals surface area contributed by atoms with Crippen molar-refractivity contribution < 1.29 is 8.78 Å². The van der Waals surface area contributed by atoms with Gasteiger partial charge >= 0.3 is 5.69 Å². The minimum Gasteiger partial charge on any atom is -0.272 e. The van der Waals surface area contributed by atoms with Gasteiger partial charge in [-0.3, -0.25) is 5.10 Å². The van der Waals surface area contributed by atoms with Crippen molar-refractivity contribution in [3.63, 3.8) is 0 Å². The molecule has 0 bridgehead atoms. The zero-order valence-corrected chi connectivity index (χ0v) is 8.07. The number of hydrogen-bond acceptors (Lipinski definition) is 2. The Labute approximate surface area is 87.2 Å². The molecule has 0 radical (unpaired) electrons. The van der Waals surface area contributed by atoms with E-state index in [1.165, 1.54) is 6.07 Å². The van der Waals surface area contributed by atoms with E-state index in [0.717, 1.165) is 16.7 Å². The summed E-state index contributed by atoms with van der Waals surface area (Å²) in [5.74, 6) is -2.01. The van der Waals surface area contributed by atoms with E-state index in [2.05, 4.69) is 10.2 Å². The van der Waals surface area contributed by atoms with Gasteiger partial charge in [-0.15, -0.1) is 0 Å². The van der Waals surface area contributed by atoms with Crippen LogP contribution < -0.4 is 5.69 Å². The second-order valence-electron chi connectivity index (χ2n) is 2.79. The van der Waals surface area contributed by atoms with Crippen LogP contribution in [0.25, 0.3) is 5.69 Å². The van der Waals surface area contributed by atoms with Crippen LogP contribution in [0.1, 0.15) is 0 Å². The summed E-state index contributed by atoms with van der Waals surface area (Å²) in [6.45, 7) is 0. The molecule has 7 heteroatoms. The Balaban J connectivity index is 2.70. The van der Waals surface area contributed by atoms with Crippen LogP contribution in [-0.4, -0.2) is 14.8 Å². The van der Waals surface area contributed by atoms with Crippen LogP contribution in [-0.2, 0) is 0 Å². The predicted molar refractivity (Wildman–Crippen MR) is 51.5 cm³/mol. The molecule has 0 aliphatic heterocycles. The zero-order chi connectivity index (χ0) is 11.0. The third-order valence-electron chi connectivity index (χ3n) is 1.84. The molecule has 0 amide bonds. The molecule has 0 fully saturated rings. The monoisotopic (exact) mass is 229 g/mol. The molecule has 0 aliphatic rings. The van der Waals surface area contributed by atoms with Gasteiger partial charge in [0.05, 0.1) is 5.69 Å². The predicted octanol–water partition coefficient (Wildman–Crippen LogP) is 1.50. The summed E-state index contributed by atoms with van der Waals surface area (Å²) in [6.07, 6.45) is 0. The lowest BCUT2D eigenvalue weighted by Gasteiger charge is -2.00. The quantitative estimate of drug-likeness (QED) is 0.728. The molecule has 0 aliphatic carbocycles. The first-order chi connectivity index (χ1) is 7.09. The Morgan fingerprint density at radius 2 is 1.93 bits per heavy atom. The highest BCUT2D eigenvalue weighted by molar-refractivity contribution is 7.71. The van der Waals surface area contributed by atoms with E-state index in [-0.39, 0.29) is 10.5 Å². The number of nitrogens with zero attached hydrogens (tertiary/aromatic N) is 1. The van der Waals surface area contributed by atoms with E-state index in [1.54, 1.807) is 0 Å². The molecule has 0 atom stereocenters. The molecule has 2 rings (SSSR count). The average Bonchev–Trinajstić information content (AvgIpc) is 2.52. The second kappa shape index (κ2) is 3.43. The first kappa shape index (κ1) is 9.78. The Hall–Kier alpha value is -1.76. The van der Waals surface area contributed by atoms with Crippen molar-refractivity contribution in [2.24, 2.45) is 0 Å². The van der Waals surface area contributed by atoms with Crippen LogP contribution >= 0.6 is 12.2 Å². The van der Waals surface area contributed by atoms with Crippen molar-refractivity contribution in [2.75, 3.05) is 0 Å². The first-order valence-electron chi connectivity index (χ1n) is 3.95. The van der Waals surface area contributed by atoms with Gasteiger partial charge in [-0.1, -0.05) is 0 Å². The molecule has 15 heavy (non-hydrogen) atoms. The topological polar surface area (TPSA) is 53.6 Å². The highest BCUT2D eigenvalue weighted by Gasteiger charge is 2.07. The molecule has 0 saturated heterocycles. The van der Waals surface area contributed by atoms with Crippen LogP contribution in [0, 0.1) is 16.4 Å². The summed E-state index contributed by atoms with van der Waals surface area (Å²) in [6, 6.07) is 3.09. The lowest BCUT2D eigenvalue weighted by Crippen LogP contribution is -2.15. The fourth-order valence-electron chi connectivity index (χ4n) is 1.17. The lowest BCUT2D eigenvalue weighted by atomic mass is 10.3. The fraction of sp³-hybridized carbons (Fsp3) is 0. The number of H-pyrrole nitrogens is 2. The Morgan fingerprint density at radius 1 is 1.20 bits per heavy atom.